The molecule has 62 valence electrons. The predicted octanol–water partition coefficient (Wildman–Crippen LogP) is 0.968. The van der Waals surface area contributed by atoms with Gasteiger partial charge in [0.05, 0.1) is 7.11 Å². The summed E-state index contributed by atoms with van der Waals surface area (Å²) in [5, 5.41) is 0. The number of hydrogen-bond donors (Lipinski definition) is 1. The average Bonchev–Trinajstić information content (AvgIpc) is 2.08. The summed E-state index contributed by atoms with van der Waals surface area (Å²) >= 11 is 0. The van der Waals surface area contributed by atoms with E-state index in [0.29, 0.717) is 0 Å². The number of allylic oxidation sites excluding steroid dienone is 3. The highest BCUT2D eigenvalue weighted by Crippen LogP contribution is 2.08. The maximum atomic E-state index is 8.58. The summed E-state index contributed by atoms with van der Waals surface area (Å²) < 4.78 is 4.97. The average molecular weight is 155 g/mol. The summed E-state index contributed by atoms with van der Waals surface area (Å²) in [6.07, 6.45) is 8.76. The topological polar surface area (TPSA) is 52.3 Å². The lowest BCUT2D eigenvalue weighted by Gasteiger charge is -2.02. The van der Waals surface area contributed by atoms with Gasteiger partial charge < -0.3 is 10.5 Å². The molecule has 0 spiro atoms. The number of rotatable bonds is 1. The van der Waals surface area contributed by atoms with Crippen LogP contribution in [0.4, 0.5) is 0 Å². The molecule has 0 aliphatic heterocycles. The first-order valence-electron chi connectivity index (χ1n) is 3.41. The second-order valence-corrected chi connectivity index (χ2v) is 1.93. The van der Waals surface area contributed by atoms with Crippen molar-refractivity contribution in [2.24, 2.45) is 5.73 Å². The van der Waals surface area contributed by atoms with E-state index in [1.165, 1.54) is 0 Å². The Balaban J connectivity index is 0.000000292. The van der Waals surface area contributed by atoms with Crippen molar-refractivity contribution in [3.63, 3.8) is 0 Å². The Bertz CT molecular complexity index is 161. The van der Waals surface area contributed by atoms with Crippen molar-refractivity contribution in [2.45, 2.75) is 12.8 Å². The molecule has 0 radical (unpaired) electrons. The number of ether oxygens (including phenoxy) is 1. The van der Waals surface area contributed by atoms with Gasteiger partial charge in [0.2, 0.25) is 6.41 Å². The monoisotopic (exact) mass is 155 g/mol. The van der Waals surface area contributed by atoms with Gasteiger partial charge in [-0.15, -0.1) is 0 Å². The van der Waals surface area contributed by atoms with Gasteiger partial charge in [0.15, 0.2) is 0 Å². The molecule has 0 aromatic heterocycles. The van der Waals surface area contributed by atoms with E-state index in [2.05, 4.69) is 17.9 Å². The summed E-state index contributed by atoms with van der Waals surface area (Å²) in [5.41, 5.74) is 4.17. The summed E-state index contributed by atoms with van der Waals surface area (Å²) in [6, 6.07) is 0. The minimum atomic E-state index is 0.250. The molecule has 0 heterocycles. The van der Waals surface area contributed by atoms with Crippen molar-refractivity contribution in [2.75, 3.05) is 7.11 Å². The zero-order chi connectivity index (χ0) is 8.53. The quantitative estimate of drug-likeness (QED) is 0.573. The van der Waals surface area contributed by atoms with Crippen molar-refractivity contribution < 1.29 is 9.53 Å². The van der Waals surface area contributed by atoms with E-state index in [0.717, 1.165) is 18.6 Å². The van der Waals surface area contributed by atoms with Gasteiger partial charge in [0, 0.05) is 0 Å². The second-order valence-electron chi connectivity index (χ2n) is 1.93. The third kappa shape index (κ3) is 5.21. The number of nitrogens with two attached hydrogens (primary N) is 1. The first kappa shape index (κ1) is 9.75. The van der Waals surface area contributed by atoms with Crippen molar-refractivity contribution in [3.8, 4) is 0 Å². The minimum absolute atomic E-state index is 0.250. The van der Waals surface area contributed by atoms with Gasteiger partial charge >= 0.3 is 0 Å². The van der Waals surface area contributed by atoms with Crippen LogP contribution in [-0.4, -0.2) is 13.5 Å². The molecule has 0 fully saturated rings. The van der Waals surface area contributed by atoms with Crippen molar-refractivity contribution in [1.82, 2.24) is 0 Å². The van der Waals surface area contributed by atoms with Gasteiger partial charge in [-0.1, -0.05) is 6.08 Å². The first-order valence-corrected chi connectivity index (χ1v) is 3.41. The lowest BCUT2D eigenvalue weighted by molar-refractivity contribution is -0.106. The van der Waals surface area contributed by atoms with Crippen LogP contribution in [-0.2, 0) is 9.53 Å². The second kappa shape index (κ2) is 6.86. The van der Waals surface area contributed by atoms with Gasteiger partial charge in [-0.3, -0.25) is 4.79 Å². The summed E-state index contributed by atoms with van der Waals surface area (Å²) in [7, 11) is 1.70. The molecule has 0 aromatic carbocycles. The van der Waals surface area contributed by atoms with Crippen molar-refractivity contribution in [3.05, 3.63) is 24.0 Å². The molecule has 0 unspecified atom stereocenters. The van der Waals surface area contributed by atoms with E-state index in [-0.39, 0.29) is 6.41 Å². The van der Waals surface area contributed by atoms with E-state index >= 15 is 0 Å². The lowest BCUT2D eigenvalue weighted by atomic mass is 10.2. The molecule has 0 bridgehead atoms. The number of carbonyl (C=O) groups is 1. The third-order valence-electron chi connectivity index (χ3n) is 1.20. The van der Waals surface area contributed by atoms with Crippen LogP contribution in [0.3, 0.4) is 0 Å². The van der Waals surface area contributed by atoms with Crippen LogP contribution in [0.1, 0.15) is 12.8 Å². The summed E-state index contributed by atoms with van der Waals surface area (Å²) in [4.78, 5) is 8.58. The van der Waals surface area contributed by atoms with Crippen molar-refractivity contribution in [1.29, 1.82) is 0 Å². The van der Waals surface area contributed by atoms with Gasteiger partial charge in [-0.25, -0.2) is 0 Å². The third-order valence-corrected chi connectivity index (χ3v) is 1.20. The number of methoxy groups -OCH3 is 1. The highest BCUT2D eigenvalue weighted by molar-refractivity contribution is 5.42. The first-order chi connectivity index (χ1) is 5.35. The molecule has 1 aliphatic carbocycles. The molecule has 3 heteroatoms. The van der Waals surface area contributed by atoms with E-state index in [1.54, 1.807) is 7.11 Å². The molecule has 0 atom stereocenters. The minimum Gasteiger partial charge on any atom is -0.497 e. The molecular weight excluding hydrogens is 142 g/mol. The fourth-order valence-electron chi connectivity index (χ4n) is 0.741. The molecule has 0 saturated carbocycles. The maximum absolute atomic E-state index is 8.58. The van der Waals surface area contributed by atoms with E-state index < -0.39 is 0 Å². The predicted molar refractivity (Wildman–Crippen MR) is 43.7 cm³/mol. The Morgan fingerprint density at radius 2 is 2.27 bits per heavy atom. The fraction of sp³-hybridized carbons (Fsp3) is 0.375. The molecule has 3 nitrogen and oxygen atoms in total. The van der Waals surface area contributed by atoms with Gasteiger partial charge in [-0.2, -0.15) is 0 Å². The van der Waals surface area contributed by atoms with Crippen LogP contribution >= 0.6 is 0 Å². The van der Waals surface area contributed by atoms with Gasteiger partial charge in [0.1, 0.15) is 5.76 Å². The van der Waals surface area contributed by atoms with Crippen LogP contribution in [0.25, 0.3) is 0 Å². The maximum Gasteiger partial charge on any atom is 0.204 e. The van der Waals surface area contributed by atoms with Crippen LogP contribution in [0, 0.1) is 0 Å². The van der Waals surface area contributed by atoms with Gasteiger partial charge in [0.25, 0.3) is 0 Å². The summed E-state index contributed by atoms with van der Waals surface area (Å²) in [5.74, 6) is 0.997. The van der Waals surface area contributed by atoms with Crippen LogP contribution < -0.4 is 5.73 Å². The molecule has 11 heavy (non-hydrogen) atoms. The van der Waals surface area contributed by atoms with E-state index in [1.807, 2.05) is 6.08 Å². The highest BCUT2D eigenvalue weighted by Gasteiger charge is 1.92. The Morgan fingerprint density at radius 1 is 1.64 bits per heavy atom. The number of carbonyl (C=O) groups excluding carboxylic acids is 1. The molecule has 1 aliphatic rings. The van der Waals surface area contributed by atoms with Gasteiger partial charge in [-0.05, 0) is 25.0 Å². The fourth-order valence-corrected chi connectivity index (χ4v) is 0.741. The zero-order valence-corrected chi connectivity index (χ0v) is 6.62. The Morgan fingerprint density at radius 3 is 2.55 bits per heavy atom. The largest absolute Gasteiger partial charge is 0.497 e. The Hall–Kier alpha value is -1.25. The summed E-state index contributed by atoms with van der Waals surface area (Å²) in [6.45, 7) is 0. The Kier molecular flexibility index (Phi) is 6.08. The number of amides is 1. The Labute approximate surface area is 66.5 Å². The van der Waals surface area contributed by atoms with E-state index in [9.17, 15) is 0 Å². The highest BCUT2D eigenvalue weighted by atomic mass is 16.5. The van der Waals surface area contributed by atoms with Crippen molar-refractivity contribution >= 4 is 6.41 Å². The van der Waals surface area contributed by atoms with Crippen LogP contribution in [0.5, 0.6) is 0 Å². The molecule has 2 N–H and O–H groups in total. The molecule has 0 saturated heterocycles. The lowest BCUT2D eigenvalue weighted by Crippen LogP contribution is -1.85. The van der Waals surface area contributed by atoms with Crippen LogP contribution in [0.15, 0.2) is 24.0 Å². The SMILES string of the molecule is COC1=CCCC=C1.NC=O. The molecule has 0 aromatic rings. The molecule has 1 rings (SSSR count). The normalized spacial score (nSPS) is 14.1. The number of primary amides is 1. The standard InChI is InChI=1S/C7H10O.CH3NO/c1-8-7-5-3-2-4-6-7;2-1-3/h3,5-6H,2,4H2,1H3;1H,(H2,2,3). The molecular formula is C8H13NO2. The van der Waals surface area contributed by atoms with E-state index in [4.69, 9.17) is 9.53 Å². The zero-order valence-electron chi connectivity index (χ0n) is 6.62. The van der Waals surface area contributed by atoms with Crippen LogP contribution in [0.2, 0.25) is 0 Å². The number of hydrogen-bond acceptors (Lipinski definition) is 2. The smallest absolute Gasteiger partial charge is 0.204 e. The molecule has 1 amide bonds.